The first-order valence-corrected chi connectivity index (χ1v) is 6.92. The molecule has 0 bridgehead atoms. The summed E-state index contributed by atoms with van der Waals surface area (Å²) in [4.78, 5) is 18.3. The Kier molecular flexibility index (Phi) is 3.83. The monoisotopic (exact) mass is 265 g/mol. The van der Waals surface area contributed by atoms with Gasteiger partial charge in [0.05, 0.1) is 24.3 Å². The van der Waals surface area contributed by atoms with E-state index in [1.807, 2.05) is 38.2 Å². The van der Waals surface area contributed by atoms with Crippen LogP contribution in [0.1, 0.15) is 52.3 Å². The van der Waals surface area contributed by atoms with Crippen LogP contribution in [0.4, 0.5) is 4.79 Å². The summed E-state index contributed by atoms with van der Waals surface area (Å²) in [5.74, 6) is 0. The van der Waals surface area contributed by atoms with Crippen molar-refractivity contribution in [1.82, 2.24) is 14.5 Å². The molecule has 1 saturated heterocycles. The first kappa shape index (κ1) is 13.9. The fraction of sp³-hybridized carbons (Fsp3) is 0.714. The van der Waals surface area contributed by atoms with E-state index < -0.39 is 5.60 Å². The minimum absolute atomic E-state index is 0.0947. The lowest BCUT2D eigenvalue weighted by atomic mass is 10.1. The van der Waals surface area contributed by atoms with Gasteiger partial charge in [-0.25, -0.2) is 9.78 Å². The van der Waals surface area contributed by atoms with Crippen molar-refractivity contribution >= 4 is 6.09 Å². The van der Waals surface area contributed by atoms with E-state index in [2.05, 4.69) is 16.5 Å². The summed E-state index contributed by atoms with van der Waals surface area (Å²) >= 11 is 0. The molecule has 5 nitrogen and oxygen atoms in total. The molecule has 1 fully saturated rings. The van der Waals surface area contributed by atoms with E-state index in [4.69, 9.17) is 4.74 Å². The number of aryl methyl sites for hydroxylation is 1. The summed E-state index contributed by atoms with van der Waals surface area (Å²) in [6, 6.07) is 0.0947. The summed E-state index contributed by atoms with van der Waals surface area (Å²) in [6.45, 7) is 9.39. The van der Waals surface area contributed by atoms with Gasteiger partial charge in [-0.05, 0) is 40.5 Å². The van der Waals surface area contributed by atoms with Crippen LogP contribution in [-0.4, -0.2) is 32.7 Å². The maximum atomic E-state index is 12.2. The fourth-order valence-corrected chi connectivity index (χ4v) is 2.49. The molecule has 0 saturated carbocycles. The molecule has 1 aromatic heterocycles. The minimum atomic E-state index is -0.449. The maximum absolute atomic E-state index is 12.2. The average molecular weight is 265 g/mol. The van der Waals surface area contributed by atoms with Gasteiger partial charge in [0.2, 0.25) is 0 Å². The smallest absolute Gasteiger partial charge is 0.410 e. The number of carbonyl (C=O) groups excluding carboxylic acids is 1. The van der Waals surface area contributed by atoms with E-state index in [0.29, 0.717) is 0 Å². The summed E-state index contributed by atoms with van der Waals surface area (Å²) in [5, 5.41) is 0. The zero-order valence-electron chi connectivity index (χ0n) is 12.2. The van der Waals surface area contributed by atoms with Crippen molar-refractivity contribution in [3.63, 3.8) is 0 Å². The Bertz CT molecular complexity index is 448. The predicted octanol–water partition coefficient (Wildman–Crippen LogP) is 2.98. The normalized spacial score (nSPS) is 19.8. The number of rotatable bonds is 2. The number of aromatic nitrogens is 2. The van der Waals surface area contributed by atoms with Crippen LogP contribution in [0.5, 0.6) is 0 Å². The van der Waals surface area contributed by atoms with Gasteiger partial charge in [-0.2, -0.15) is 0 Å². The number of ether oxygens (including phenoxy) is 1. The lowest BCUT2D eigenvalue weighted by molar-refractivity contribution is 0.0219. The lowest BCUT2D eigenvalue weighted by Gasteiger charge is -2.28. The van der Waals surface area contributed by atoms with Crippen LogP contribution in [0.2, 0.25) is 0 Å². The molecule has 1 aromatic rings. The highest BCUT2D eigenvalue weighted by atomic mass is 16.6. The van der Waals surface area contributed by atoms with Gasteiger partial charge in [-0.15, -0.1) is 0 Å². The molecule has 1 aliphatic rings. The Morgan fingerprint density at radius 3 is 2.89 bits per heavy atom. The Hall–Kier alpha value is -1.52. The second kappa shape index (κ2) is 5.23. The molecule has 1 amide bonds. The summed E-state index contributed by atoms with van der Waals surface area (Å²) in [7, 11) is 0. The van der Waals surface area contributed by atoms with Gasteiger partial charge < -0.3 is 9.30 Å². The highest BCUT2D eigenvalue weighted by molar-refractivity contribution is 5.69. The van der Waals surface area contributed by atoms with Gasteiger partial charge >= 0.3 is 6.09 Å². The van der Waals surface area contributed by atoms with E-state index in [1.54, 1.807) is 0 Å². The molecule has 0 N–H and O–H groups in total. The maximum Gasteiger partial charge on any atom is 0.410 e. The van der Waals surface area contributed by atoms with Crippen molar-refractivity contribution in [3.05, 3.63) is 18.2 Å². The fourth-order valence-electron chi connectivity index (χ4n) is 2.49. The molecular weight excluding hydrogens is 242 g/mol. The van der Waals surface area contributed by atoms with Crippen molar-refractivity contribution in [2.75, 3.05) is 6.54 Å². The van der Waals surface area contributed by atoms with Crippen molar-refractivity contribution in [3.8, 4) is 0 Å². The van der Waals surface area contributed by atoms with E-state index in [0.717, 1.165) is 31.6 Å². The molecule has 1 atom stereocenters. The van der Waals surface area contributed by atoms with Gasteiger partial charge in [-0.1, -0.05) is 0 Å². The number of hydrogen-bond donors (Lipinski definition) is 0. The quantitative estimate of drug-likeness (QED) is 0.826. The largest absolute Gasteiger partial charge is 0.444 e. The molecule has 0 aliphatic carbocycles. The zero-order chi connectivity index (χ0) is 14.0. The minimum Gasteiger partial charge on any atom is -0.444 e. The summed E-state index contributed by atoms with van der Waals surface area (Å²) in [6.07, 6.45) is 5.44. The second-order valence-electron chi connectivity index (χ2n) is 5.94. The number of hydrogen-bond acceptors (Lipinski definition) is 3. The Balaban J connectivity index is 2.15. The average Bonchev–Trinajstić information content (AvgIpc) is 2.94. The van der Waals surface area contributed by atoms with Gasteiger partial charge in [0, 0.05) is 13.1 Å². The first-order chi connectivity index (χ1) is 8.92. The van der Waals surface area contributed by atoms with Crippen molar-refractivity contribution in [2.24, 2.45) is 0 Å². The number of nitrogens with zero attached hydrogens (tertiary/aromatic N) is 3. The molecule has 2 heterocycles. The third kappa shape index (κ3) is 3.08. The highest BCUT2D eigenvalue weighted by Crippen LogP contribution is 2.32. The first-order valence-electron chi connectivity index (χ1n) is 6.92. The summed E-state index contributed by atoms with van der Waals surface area (Å²) in [5.41, 5.74) is 0.653. The highest BCUT2D eigenvalue weighted by Gasteiger charge is 2.34. The van der Waals surface area contributed by atoms with Crippen LogP contribution in [-0.2, 0) is 11.3 Å². The molecule has 5 heteroatoms. The Morgan fingerprint density at radius 2 is 2.26 bits per heavy atom. The zero-order valence-corrected chi connectivity index (χ0v) is 12.2. The van der Waals surface area contributed by atoms with Gasteiger partial charge in [-0.3, -0.25) is 4.90 Å². The third-order valence-corrected chi connectivity index (χ3v) is 3.31. The number of carbonyl (C=O) groups is 1. The van der Waals surface area contributed by atoms with Crippen LogP contribution in [0.15, 0.2) is 12.5 Å². The molecule has 2 rings (SSSR count). The molecule has 0 spiro atoms. The molecule has 106 valence electrons. The van der Waals surface area contributed by atoms with Gasteiger partial charge in [0.15, 0.2) is 0 Å². The van der Waals surface area contributed by atoms with Crippen molar-refractivity contribution in [1.29, 1.82) is 0 Å². The van der Waals surface area contributed by atoms with E-state index in [-0.39, 0.29) is 12.1 Å². The number of amides is 1. The summed E-state index contributed by atoms with van der Waals surface area (Å²) < 4.78 is 7.57. The Labute approximate surface area is 114 Å². The number of imidazole rings is 1. The van der Waals surface area contributed by atoms with Crippen LogP contribution in [0.25, 0.3) is 0 Å². The number of likely N-dealkylation sites (tertiary alicyclic amines) is 1. The van der Waals surface area contributed by atoms with Gasteiger partial charge in [0.25, 0.3) is 0 Å². The lowest BCUT2D eigenvalue weighted by Crippen LogP contribution is -2.36. The molecule has 0 unspecified atom stereocenters. The third-order valence-electron chi connectivity index (χ3n) is 3.31. The molecule has 1 aliphatic heterocycles. The van der Waals surface area contributed by atoms with Crippen molar-refractivity contribution < 1.29 is 9.53 Å². The van der Waals surface area contributed by atoms with E-state index in [1.165, 1.54) is 0 Å². The van der Waals surface area contributed by atoms with E-state index >= 15 is 0 Å². The standard InChI is InChI=1S/C14H23N3O2/c1-5-16-10-15-9-12(16)11-7-6-8-17(11)13(18)19-14(2,3)4/h9-11H,5-8H2,1-4H3/t11-/m0/s1. The SMILES string of the molecule is CCn1cncc1[C@@H]1CCCN1C(=O)OC(C)(C)C. The van der Waals surface area contributed by atoms with Gasteiger partial charge in [0.1, 0.15) is 5.60 Å². The molecule has 19 heavy (non-hydrogen) atoms. The van der Waals surface area contributed by atoms with Crippen molar-refractivity contribution in [2.45, 2.75) is 58.7 Å². The van der Waals surface area contributed by atoms with Crippen LogP contribution in [0.3, 0.4) is 0 Å². The molecular formula is C14H23N3O2. The topological polar surface area (TPSA) is 47.4 Å². The van der Waals surface area contributed by atoms with Crippen LogP contribution in [0, 0.1) is 0 Å². The van der Waals surface area contributed by atoms with Crippen LogP contribution < -0.4 is 0 Å². The molecule has 0 aromatic carbocycles. The van der Waals surface area contributed by atoms with E-state index in [9.17, 15) is 4.79 Å². The molecule has 0 radical (unpaired) electrons. The van der Waals surface area contributed by atoms with Crippen LogP contribution >= 0.6 is 0 Å². The second-order valence-corrected chi connectivity index (χ2v) is 5.94. The predicted molar refractivity (Wildman–Crippen MR) is 72.8 cm³/mol. The Morgan fingerprint density at radius 1 is 1.53 bits per heavy atom.